The third-order valence-corrected chi connectivity index (χ3v) is 7.69. The molecule has 0 bridgehead atoms. The largest absolute Gasteiger partial charge is 0.377 e. The molecule has 1 saturated heterocycles. The Balaban J connectivity index is 1.21. The van der Waals surface area contributed by atoms with Crippen LogP contribution in [0.4, 0.5) is 0 Å². The van der Waals surface area contributed by atoms with Crippen molar-refractivity contribution in [3.63, 3.8) is 0 Å². The number of hydrogen-bond acceptors (Lipinski definition) is 4. The van der Waals surface area contributed by atoms with Gasteiger partial charge < -0.3 is 15.0 Å². The van der Waals surface area contributed by atoms with Crippen LogP contribution in [0.5, 0.6) is 0 Å². The minimum atomic E-state index is 0.263. The van der Waals surface area contributed by atoms with Crippen molar-refractivity contribution in [1.82, 2.24) is 10.2 Å². The number of ether oxygens (including phenoxy) is 1. The lowest BCUT2D eigenvalue weighted by atomic mass is 9.46. The van der Waals surface area contributed by atoms with E-state index in [0.29, 0.717) is 30.0 Å². The summed E-state index contributed by atoms with van der Waals surface area (Å²) in [6, 6.07) is 2.68. The molecule has 1 spiro atoms. The zero-order chi connectivity index (χ0) is 15.4. The summed E-state index contributed by atoms with van der Waals surface area (Å²) in [6.07, 6.45) is 6.55. The zero-order valence-electron chi connectivity index (χ0n) is 13.4. The smallest absolute Gasteiger partial charge is 0.236 e. The second-order valence-electron chi connectivity index (χ2n) is 7.62. The Morgan fingerprint density at radius 1 is 1.48 bits per heavy atom. The summed E-state index contributed by atoms with van der Waals surface area (Å²) in [7, 11) is 0. The van der Waals surface area contributed by atoms with Crippen molar-refractivity contribution >= 4 is 17.2 Å². The van der Waals surface area contributed by atoms with E-state index in [-0.39, 0.29) is 5.91 Å². The van der Waals surface area contributed by atoms with E-state index >= 15 is 0 Å². The lowest BCUT2D eigenvalue weighted by Crippen LogP contribution is -2.71. The summed E-state index contributed by atoms with van der Waals surface area (Å²) >= 11 is 1.82. The van der Waals surface area contributed by atoms with Crippen molar-refractivity contribution in [2.24, 2.45) is 11.3 Å². The number of thiophene rings is 1. The number of carbonyl (C=O) groups excluding carboxylic acids is 1. The van der Waals surface area contributed by atoms with Gasteiger partial charge in [0.05, 0.1) is 12.6 Å². The first-order valence-electron chi connectivity index (χ1n) is 8.96. The normalized spacial score (nSPS) is 33.7. The van der Waals surface area contributed by atoms with Crippen LogP contribution in [0.1, 0.15) is 36.1 Å². The Morgan fingerprint density at radius 3 is 3.22 bits per heavy atom. The Kier molecular flexibility index (Phi) is 3.32. The van der Waals surface area contributed by atoms with Gasteiger partial charge in [0, 0.05) is 41.9 Å². The highest BCUT2D eigenvalue weighted by atomic mass is 32.1. The second kappa shape index (κ2) is 5.30. The van der Waals surface area contributed by atoms with Gasteiger partial charge in [-0.25, -0.2) is 0 Å². The number of carbonyl (C=O) groups is 1. The summed E-state index contributed by atoms with van der Waals surface area (Å²) in [5.41, 5.74) is 1.71. The highest BCUT2D eigenvalue weighted by Crippen LogP contribution is 2.62. The van der Waals surface area contributed by atoms with Crippen molar-refractivity contribution in [3.8, 4) is 0 Å². The molecule has 2 aliphatic heterocycles. The molecule has 1 N–H and O–H groups in total. The van der Waals surface area contributed by atoms with E-state index in [1.54, 1.807) is 0 Å². The molecule has 0 radical (unpaired) electrons. The average molecular weight is 332 g/mol. The summed E-state index contributed by atoms with van der Waals surface area (Å²) in [6.45, 7) is 3.08. The van der Waals surface area contributed by atoms with Crippen LogP contribution in [-0.4, -0.2) is 42.6 Å². The van der Waals surface area contributed by atoms with Crippen LogP contribution in [0.2, 0.25) is 0 Å². The molecule has 4 aliphatic rings. The number of nitrogens with zero attached hydrogens (tertiary/aromatic N) is 1. The van der Waals surface area contributed by atoms with Gasteiger partial charge in [-0.05, 0) is 42.7 Å². The van der Waals surface area contributed by atoms with Crippen LogP contribution < -0.4 is 5.32 Å². The Hall–Kier alpha value is -0.910. The van der Waals surface area contributed by atoms with E-state index in [1.165, 1.54) is 36.1 Å². The molecule has 23 heavy (non-hydrogen) atoms. The number of amides is 1. The number of nitrogens with one attached hydrogen (secondary N) is 1. The molecule has 3 heterocycles. The molecule has 124 valence electrons. The maximum atomic E-state index is 12.6. The highest BCUT2D eigenvalue weighted by Gasteiger charge is 2.66. The summed E-state index contributed by atoms with van der Waals surface area (Å²) in [5.74, 6) is 0.909. The van der Waals surface area contributed by atoms with E-state index < -0.39 is 0 Å². The Labute approximate surface area is 141 Å². The van der Waals surface area contributed by atoms with Crippen molar-refractivity contribution < 1.29 is 9.53 Å². The predicted octanol–water partition coefficient (Wildman–Crippen LogP) is 2.18. The molecular formula is C18H24N2O2S. The first-order valence-corrected chi connectivity index (χ1v) is 9.84. The van der Waals surface area contributed by atoms with E-state index in [4.69, 9.17) is 4.74 Å². The molecule has 0 unspecified atom stereocenters. The van der Waals surface area contributed by atoms with Crippen LogP contribution in [0, 0.1) is 11.3 Å². The summed E-state index contributed by atoms with van der Waals surface area (Å²) in [4.78, 5) is 16.1. The van der Waals surface area contributed by atoms with Gasteiger partial charge >= 0.3 is 0 Å². The molecule has 1 aromatic rings. The zero-order valence-corrected chi connectivity index (χ0v) is 14.2. The second-order valence-corrected chi connectivity index (χ2v) is 8.62. The van der Waals surface area contributed by atoms with Crippen molar-refractivity contribution in [2.45, 2.75) is 50.8 Å². The molecular weight excluding hydrogens is 308 g/mol. The molecule has 0 aromatic carbocycles. The molecule has 3 atom stereocenters. The lowest BCUT2D eigenvalue weighted by molar-refractivity contribution is -0.177. The standard InChI is InChI=1S/C18H24N2O2S/c21-15(20-7-2-14-12(11-20)4-9-23-14)10-19-16-13-3-8-22-17(13)18(16)5-1-6-18/h4,9,13,16-17,19H,1-3,5-8,10-11H2/t13-,16+,17-/m0/s1. The van der Waals surface area contributed by atoms with Crippen LogP contribution in [0.25, 0.3) is 0 Å². The molecule has 5 heteroatoms. The van der Waals surface area contributed by atoms with Crippen LogP contribution >= 0.6 is 11.3 Å². The van der Waals surface area contributed by atoms with Gasteiger partial charge in [0.1, 0.15) is 0 Å². The molecule has 1 amide bonds. The van der Waals surface area contributed by atoms with Gasteiger partial charge in [0.15, 0.2) is 0 Å². The van der Waals surface area contributed by atoms with Gasteiger partial charge in [0.25, 0.3) is 0 Å². The maximum Gasteiger partial charge on any atom is 0.236 e. The minimum absolute atomic E-state index is 0.263. The van der Waals surface area contributed by atoms with Crippen molar-refractivity contribution in [1.29, 1.82) is 0 Å². The highest BCUT2D eigenvalue weighted by molar-refractivity contribution is 7.10. The van der Waals surface area contributed by atoms with Gasteiger partial charge in [-0.3, -0.25) is 4.79 Å². The SMILES string of the molecule is O=C(CN[C@@H]1[C@@H]2CCO[C@@H]2C12CCC2)N1CCc2sccc2C1. The number of rotatable bonds is 3. The topological polar surface area (TPSA) is 41.6 Å². The Morgan fingerprint density at radius 2 is 2.39 bits per heavy atom. The van der Waals surface area contributed by atoms with Crippen LogP contribution in [0.3, 0.4) is 0 Å². The molecule has 2 aliphatic carbocycles. The fourth-order valence-electron chi connectivity index (χ4n) is 5.33. The molecule has 5 rings (SSSR count). The molecule has 1 aromatic heterocycles. The maximum absolute atomic E-state index is 12.6. The first-order chi connectivity index (χ1) is 11.3. The van der Waals surface area contributed by atoms with E-state index in [1.807, 2.05) is 16.2 Å². The van der Waals surface area contributed by atoms with E-state index in [2.05, 4.69) is 16.8 Å². The average Bonchev–Trinajstić information content (AvgIpc) is 3.12. The van der Waals surface area contributed by atoms with E-state index in [0.717, 1.165) is 26.1 Å². The molecule has 4 nitrogen and oxygen atoms in total. The monoisotopic (exact) mass is 332 g/mol. The third kappa shape index (κ3) is 2.06. The van der Waals surface area contributed by atoms with Gasteiger partial charge in [-0.15, -0.1) is 11.3 Å². The van der Waals surface area contributed by atoms with Crippen LogP contribution in [-0.2, 0) is 22.5 Å². The summed E-state index contributed by atoms with van der Waals surface area (Å²) < 4.78 is 5.96. The molecule has 3 fully saturated rings. The van der Waals surface area contributed by atoms with Crippen LogP contribution in [0.15, 0.2) is 11.4 Å². The number of hydrogen-bond donors (Lipinski definition) is 1. The van der Waals surface area contributed by atoms with Gasteiger partial charge in [0.2, 0.25) is 5.91 Å². The number of fused-ring (bicyclic) bond motifs is 3. The third-order valence-electron chi connectivity index (χ3n) is 6.67. The first kappa shape index (κ1) is 14.4. The Bertz CT molecular complexity index is 624. The van der Waals surface area contributed by atoms with E-state index in [9.17, 15) is 4.79 Å². The van der Waals surface area contributed by atoms with Crippen molar-refractivity contribution in [3.05, 3.63) is 21.9 Å². The predicted molar refractivity (Wildman–Crippen MR) is 89.4 cm³/mol. The quantitative estimate of drug-likeness (QED) is 0.922. The minimum Gasteiger partial charge on any atom is -0.377 e. The lowest BCUT2D eigenvalue weighted by Gasteiger charge is -2.63. The van der Waals surface area contributed by atoms with Crippen molar-refractivity contribution in [2.75, 3.05) is 19.7 Å². The molecule has 2 saturated carbocycles. The fraction of sp³-hybridized carbons (Fsp3) is 0.722. The van der Waals surface area contributed by atoms with Gasteiger partial charge in [-0.2, -0.15) is 0 Å². The fourth-order valence-corrected chi connectivity index (χ4v) is 6.22. The summed E-state index contributed by atoms with van der Waals surface area (Å²) in [5, 5.41) is 5.77. The van der Waals surface area contributed by atoms with Gasteiger partial charge in [-0.1, -0.05) is 6.42 Å².